The summed E-state index contributed by atoms with van der Waals surface area (Å²) in [7, 11) is 5.53. The molecule has 0 aromatic carbocycles. The molecule has 2 atom stereocenters. The molecule has 4 heteroatoms. The molecule has 1 saturated carbocycles. The van der Waals surface area contributed by atoms with Crippen LogP contribution in [0.25, 0.3) is 0 Å². The monoisotopic (exact) mass is 270 g/mol. The molecule has 19 heavy (non-hydrogen) atoms. The molecule has 0 amide bonds. The fourth-order valence-electron chi connectivity index (χ4n) is 3.44. The third kappa shape index (κ3) is 3.93. The molecule has 1 fully saturated rings. The van der Waals surface area contributed by atoms with Gasteiger partial charge in [0.2, 0.25) is 0 Å². The fraction of sp³-hybridized carbons (Fsp3) is 0.933. The zero-order valence-corrected chi connectivity index (χ0v) is 13.2. The molecule has 0 radical (unpaired) electrons. The second-order valence-electron chi connectivity index (χ2n) is 6.25. The predicted molar refractivity (Wildman–Crippen MR) is 78.1 cm³/mol. The first kappa shape index (κ1) is 16.4. The molecular formula is C15H30N2O2. The van der Waals surface area contributed by atoms with Crippen LogP contribution in [0.1, 0.15) is 39.5 Å². The zero-order valence-electron chi connectivity index (χ0n) is 13.2. The van der Waals surface area contributed by atoms with Crippen molar-refractivity contribution in [2.45, 2.75) is 45.1 Å². The lowest BCUT2D eigenvalue weighted by Gasteiger charge is -2.33. The number of rotatable bonds is 7. The number of hydrogen-bond acceptors (Lipinski definition) is 4. The predicted octanol–water partition coefficient (Wildman–Crippen LogP) is 1.90. The van der Waals surface area contributed by atoms with Crippen LogP contribution in [0.5, 0.6) is 0 Å². The van der Waals surface area contributed by atoms with E-state index in [1.165, 1.54) is 7.11 Å². The fourth-order valence-corrected chi connectivity index (χ4v) is 3.44. The molecule has 0 bridgehead atoms. The molecule has 0 heterocycles. The molecule has 0 aromatic heterocycles. The van der Waals surface area contributed by atoms with Gasteiger partial charge in [-0.2, -0.15) is 0 Å². The number of likely N-dealkylation sites (N-methyl/N-ethyl adjacent to an activating group) is 1. The van der Waals surface area contributed by atoms with E-state index >= 15 is 0 Å². The van der Waals surface area contributed by atoms with Gasteiger partial charge in [0, 0.05) is 6.54 Å². The molecule has 1 aliphatic rings. The van der Waals surface area contributed by atoms with Crippen LogP contribution < -0.4 is 5.32 Å². The Balaban J connectivity index is 2.58. The topological polar surface area (TPSA) is 41.6 Å². The number of carbonyl (C=O) groups excluding carboxylic acids is 1. The Kier molecular flexibility index (Phi) is 6.27. The zero-order chi connectivity index (χ0) is 14.5. The summed E-state index contributed by atoms with van der Waals surface area (Å²) >= 11 is 0. The van der Waals surface area contributed by atoms with Crippen LogP contribution in [-0.4, -0.2) is 50.7 Å². The van der Waals surface area contributed by atoms with Crippen LogP contribution in [0.4, 0.5) is 0 Å². The van der Waals surface area contributed by atoms with Gasteiger partial charge in [0.25, 0.3) is 0 Å². The highest BCUT2D eigenvalue weighted by Gasteiger charge is 2.48. The number of methoxy groups -OCH3 is 1. The highest BCUT2D eigenvalue weighted by molar-refractivity contribution is 5.81. The largest absolute Gasteiger partial charge is 0.468 e. The maximum atomic E-state index is 12.1. The second kappa shape index (κ2) is 7.25. The quantitative estimate of drug-likeness (QED) is 0.717. The van der Waals surface area contributed by atoms with Gasteiger partial charge in [-0.1, -0.05) is 20.3 Å². The van der Waals surface area contributed by atoms with Crippen LogP contribution in [0.3, 0.4) is 0 Å². The van der Waals surface area contributed by atoms with Gasteiger partial charge in [-0.05, 0) is 51.7 Å². The minimum absolute atomic E-state index is 0.0935. The van der Waals surface area contributed by atoms with E-state index in [1.807, 2.05) is 7.05 Å². The minimum Gasteiger partial charge on any atom is -0.468 e. The summed E-state index contributed by atoms with van der Waals surface area (Å²) in [6.45, 7) is 6.62. The van der Waals surface area contributed by atoms with Gasteiger partial charge in [-0.25, -0.2) is 0 Å². The Bertz CT molecular complexity index is 294. The molecule has 0 saturated heterocycles. The average molecular weight is 270 g/mol. The summed E-state index contributed by atoms with van der Waals surface area (Å²) in [4.78, 5) is 14.5. The van der Waals surface area contributed by atoms with Crippen LogP contribution in [0.15, 0.2) is 0 Å². The maximum absolute atomic E-state index is 12.1. The number of nitrogens with one attached hydrogen (secondary N) is 1. The van der Waals surface area contributed by atoms with Crippen molar-refractivity contribution < 1.29 is 9.53 Å². The van der Waals surface area contributed by atoms with Crippen molar-refractivity contribution in [1.29, 1.82) is 0 Å². The lowest BCUT2D eigenvalue weighted by Crippen LogP contribution is -2.54. The standard InChI is InChI=1S/C15H30N2O2/c1-12(2)11-17(4)10-8-13-7-6-9-15(13,16-3)14(18)19-5/h12-13,16H,6-11H2,1-5H3. The molecule has 0 aromatic rings. The van der Waals surface area contributed by atoms with Crippen molar-refractivity contribution in [2.75, 3.05) is 34.3 Å². The van der Waals surface area contributed by atoms with E-state index in [0.29, 0.717) is 11.8 Å². The minimum atomic E-state index is -0.451. The molecule has 1 N–H and O–H groups in total. The Hall–Kier alpha value is -0.610. The number of nitrogens with zero attached hydrogens (tertiary/aromatic N) is 1. The summed E-state index contributed by atoms with van der Waals surface area (Å²) in [5, 5.41) is 3.25. The van der Waals surface area contributed by atoms with Crippen molar-refractivity contribution in [1.82, 2.24) is 10.2 Å². The first-order valence-corrected chi connectivity index (χ1v) is 7.42. The van der Waals surface area contributed by atoms with Crippen molar-refractivity contribution in [3.05, 3.63) is 0 Å². The SMILES string of the molecule is CNC1(C(=O)OC)CCCC1CCN(C)CC(C)C. The third-order valence-electron chi connectivity index (χ3n) is 4.35. The molecular weight excluding hydrogens is 240 g/mol. The average Bonchev–Trinajstić information content (AvgIpc) is 2.78. The summed E-state index contributed by atoms with van der Waals surface area (Å²) in [6.07, 6.45) is 4.17. The molecule has 2 unspecified atom stereocenters. The highest BCUT2D eigenvalue weighted by Crippen LogP contribution is 2.38. The Labute approximate surface area is 117 Å². The van der Waals surface area contributed by atoms with Crippen molar-refractivity contribution in [3.63, 3.8) is 0 Å². The first-order valence-electron chi connectivity index (χ1n) is 7.42. The van der Waals surface area contributed by atoms with Crippen LogP contribution in [-0.2, 0) is 9.53 Å². The molecule has 0 aliphatic heterocycles. The van der Waals surface area contributed by atoms with E-state index in [0.717, 1.165) is 38.8 Å². The Morgan fingerprint density at radius 2 is 2.21 bits per heavy atom. The molecule has 4 nitrogen and oxygen atoms in total. The van der Waals surface area contributed by atoms with E-state index in [9.17, 15) is 4.79 Å². The number of esters is 1. The van der Waals surface area contributed by atoms with Gasteiger partial charge in [0.05, 0.1) is 7.11 Å². The van der Waals surface area contributed by atoms with E-state index in [2.05, 4.69) is 31.1 Å². The lowest BCUT2D eigenvalue weighted by molar-refractivity contribution is -0.150. The maximum Gasteiger partial charge on any atom is 0.326 e. The Morgan fingerprint density at radius 3 is 2.74 bits per heavy atom. The third-order valence-corrected chi connectivity index (χ3v) is 4.35. The number of hydrogen-bond donors (Lipinski definition) is 1. The van der Waals surface area contributed by atoms with Gasteiger partial charge in [-0.15, -0.1) is 0 Å². The van der Waals surface area contributed by atoms with Crippen molar-refractivity contribution >= 4 is 5.97 Å². The van der Waals surface area contributed by atoms with Gasteiger partial charge >= 0.3 is 5.97 Å². The number of ether oxygens (including phenoxy) is 1. The summed E-state index contributed by atoms with van der Waals surface area (Å²) < 4.78 is 5.01. The highest BCUT2D eigenvalue weighted by atomic mass is 16.5. The summed E-state index contributed by atoms with van der Waals surface area (Å²) in [5.74, 6) is 0.979. The van der Waals surface area contributed by atoms with Crippen LogP contribution in [0, 0.1) is 11.8 Å². The molecule has 112 valence electrons. The van der Waals surface area contributed by atoms with Crippen LogP contribution >= 0.6 is 0 Å². The lowest BCUT2D eigenvalue weighted by atomic mass is 9.84. The van der Waals surface area contributed by atoms with E-state index in [4.69, 9.17) is 4.74 Å². The normalized spacial score (nSPS) is 27.2. The molecule has 1 aliphatic carbocycles. The molecule has 0 spiro atoms. The van der Waals surface area contributed by atoms with Gasteiger partial charge in [0.15, 0.2) is 0 Å². The Morgan fingerprint density at radius 1 is 1.53 bits per heavy atom. The second-order valence-corrected chi connectivity index (χ2v) is 6.25. The van der Waals surface area contributed by atoms with Crippen molar-refractivity contribution in [2.24, 2.45) is 11.8 Å². The first-order chi connectivity index (χ1) is 8.96. The summed E-state index contributed by atoms with van der Waals surface area (Å²) in [5.41, 5.74) is -0.451. The molecule has 1 rings (SSSR count). The summed E-state index contributed by atoms with van der Waals surface area (Å²) in [6, 6.07) is 0. The van der Waals surface area contributed by atoms with Gasteiger partial charge in [-0.3, -0.25) is 4.79 Å². The van der Waals surface area contributed by atoms with E-state index in [-0.39, 0.29) is 5.97 Å². The van der Waals surface area contributed by atoms with Crippen molar-refractivity contribution in [3.8, 4) is 0 Å². The van der Waals surface area contributed by atoms with Gasteiger partial charge in [0.1, 0.15) is 5.54 Å². The van der Waals surface area contributed by atoms with E-state index < -0.39 is 5.54 Å². The van der Waals surface area contributed by atoms with Crippen LogP contribution in [0.2, 0.25) is 0 Å². The van der Waals surface area contributed by atoms with E-state index in [1.54, 1.807) is 0 Å². The number of carbonyl (C=O) groups is 1. The van der Waals surface area contributed by atoms with Gasteiger partial charge < -0.3 is 15.0 Å². The smallest absolute Gasteiger partial charge is 0.326 e.